The highest BCUT2D eigenvalue weighted by molar-refractivity contribution is 7.16. The third kappa shape index (κ3) is 6.86. The summed E-state index contributed by atoms with van der Waals surface area (Å²) in [5.41, 5.74) is 2.50. The van der Waals surface area contributed by atoms with Crippen molar-refractivity contribution in [3.8, 4) is 11.8 Å². The summed E-state index contributed by atoms with van der Waals surface area (Å²) in [4.78, 5) is 25.8. The number of carbonyl (C=O) groups excluding carboxylic acids is 2. The number of hydrogen-bond acceptors (Lipinski definition) is 9. The molecule has 1 aromatic carbocycles. The lowest BCUT2D eigenvalue weighted by Gasteiger charge is -2.21. The van der Waals surface area contributed by atoms with Gasteiger partial charge in [-0.25, -0.2) is 4.79 Å². The Morgan fingerprint density at radius 3 is 2.89 bits per heavy atom. The molecule has 2 aromatic heterocycles. The first-order valence-corrected chi connectivity index (χ1v) is 13.0. The summed E-state index contributed by atoms with van der Waals surface area (Å²) < 4.78 is 16.2. The Hall–Kier alpha value is -3.91. The molecule has 11 heteroatoms. The van der Waals surface area contributed by atoms with Crippen LogP contribution in [0.4, 0.5) is 9.80 Å². The van der Waals surface area contributed by atoms with Crippen LogP contribution in [-0.2, 0) is 35.3 Å². The number of nitrogens with one attached hydrogen (secondary N) is 2. The number of ether oxygens (including phenoxy) is 2. The molecule has 1 aliphatic rings. The lowest BCUT2D eigenvalue weighted by molar-refractivity contribution is -0.116. The van der Waals surface area contributed by atoms with E-state index in [4.69, 9.17) is 13.9 Å². The average Bonchev–Trinajstić information content (AvgIpc) is 3.47. The van der Waals surface area contributed by atoms with Crippen molar-refractivity contribution in [3.05, 3.63) is 57.6 Å². The molecule has 10 nitrogen and oxygen atoms in total. The number of rotatable bonds is 10. The van der Waals surface area contributed by atoms with Crippen molar-refractivity contribution < 1.29 is 23.5 Å². The number of alkyl carbamates (subject to hydrolysis) is 1. The zero-order valence-electron chi connectivity index (χ0n) is 20.8. The van der Waals surface area contributed by atoms with Crippen LogP contribution in [0, 0.1) is 24.2 Å². The Balaban J connectivity index is 1.29. The van der Waals surface area contributed by atoms with Crippen LogP contribution >= 0.6 is 11.3 Å². The second-order valence-electron chi connectivity index (χ2n) is 8.68. The van der Waals surface area contributed by atoms with Gasteiger partial charge in [-0.2, -0.15) is 5.26 Å². The number of benzene rings is 1. The molecule has 4 rings (SSSR count). The van der Waals surface area contributed by atoms with Crippen molar-refractivity contribution in [2.45, 2.75) is 52.5 Å². The van der Waals surface area contributed by atoms with E-state index in [0.29, 0.717) is 48.2 Å². The summed E-state index contributed by atoms with van der Waals surface area (Å²) in [6.45, 7) is 4.52. The van der Waals surface area contributed by atoms with Gasteiger partial charge in [-0.15, -0.1) is 21.5 Å². The number of amides is 2. The normalized spacial score (nSPS) is 14.4. The van der Waals surface area contributed by atoms with E-state index in [-0.39, 0.29) is 31.4 Å². The van der Waals surface area contributed by atoms with E-state index in [9.17, 15) is 14.9 Å². The molecule has 0 spiro atoms. The van der Waals surface area contributed by atoms with Gasteiger partial charge in [0.2, 0.25) is 17.7 Å². The molecule has 0 fully saturated rings. The number of para-hydroxylation sites is 1. The third-order valence-electron chi connectivity index (χ3n) is 6.03. The monoisotopic (exact) mass is 523 g/mol. The topological polar surface area (TPSA) is 139 Å². The molecule has 194 valence electrons. The zero-order valence-corrected chi connectivity index (χ0v) is 21.7. The molecule has 0 bridgehead atoms. The molecule has 0 saturated carbocycles. The highest BCUT2D eigenvalue weighted by Gasteiger charge is 2.27. The van der Waals surface area contributed by atoms with Crippen LogP contribution in [0.2, 0.25) is 0 Å². The Bertz CT molecular complexity index is 1290. The fourth-order valence-electron chi connectivity index (χ4n) is 4.25. The van der Waals surface area contributed by atoms with Crippen LogP contribution in [0.25, 0.3) is 0 Å². The Morgan fingerprint density at radius 1 is 1.30 bits per heavy atom. The van der Waals surface area contributed by atoms with Crippen LogP contribution in [-0.4, -0.2) is 35.4 Å². The van der Waals surface area contributed by atoms with Gasteiger partial charge in [0.15, 0.2) is 0 Å². The Labute approximate surface area is 219 Å². The molecule has 2 N–H and O–H groups in total. The molecule has 0 aliphatic heterocycles. The van der Waals surface area contributed by atoms with Gasteiger partial charge in [0.25, 0.3) is 0 Å². The van der Waals surface area contributed by atoms with Gasteiger partial charge in [-0.05, 0) is 55.7 Å². The molecule has 0 radical (unpaired) electrons. The SMILES string of the molecule is CCOc1ccccc1CCC(=O)Nc1sc2c(c1C#N)CCC(COC(=O)NCc1nnc(C)o1)C2. The number of carbonyl (C=O) groups is 2. The highest BCUT2D eigenvalue weighted by atomic mass is 32.1. The molecule has 1 unspecified atom stereocenters. The van der Waals surface area contributed by atoms with Crippen molar-refractivity contribution >= 4 is 28.3 Å². The summed E-state index contributed by atoms with van der Waals surface area (Å²) in [7, 11) is 0. The molecule has 1 atom stereocenters. The summed E-state index contributed by atoms with van der Waals surface area (Å²) in [6, 6.07) is 9.96. The van der Waals surface area contributed by atoms with Crippen LogP contribution in [0.1, 0.15) is 53.1 Å². The van der Waals surface area contributed by atoms with E-state index in [1.165, 1.54) is 11.3 Å². The molecule has 0 saturated heterocycles. The van der Waals surface area contributed by atoms with Gasteiger partial charge in [-0.3, -0.25) is 4.79 Å². The maximum absolute atomic E-state index is 12.7. The van der Waals surface area contributed by atoms with E-state index < -0.39 is 6.09 Å². The van der Waals surface area contributed by atoms with Crippen LogP contribution in [0.15, 0.2) is 28.7 Å². The zero-order chi connectivity index (χ0) is 26.2. The average molecular weight is 524 g/mol. The van der Waals surface area contributed by atoms with Crippen molar-refractivity contribution in [2.24, 2.45) is 5.92 Å². The lowest BCUT2D eigenvalue weighted by atomic mass is 9.88. The molecule has 2 heterocycles. The maximum Gasteiger partial charge on any atom is 0.407 e. The molecular formula is C26H29N5O5S. The molecule has 2 amide bonds. The first-order valence-electron chi connectivity index (χ1n) is 12.2. The van der Waals surface area contributed by atoms with E-state index in [0.717, 1.165) is 28.2 Å². The Morgan fingerprint density at radius 2 is 2.14 bits per heavy atom. The van der Waals surface area contributed by atoms with Crippen molar-refractivity contribution in [1.29, 1.82) is 5.26 Å². The summed E-state index contributed by atoms with van der Waals surface area (Å²) in [6.07, 6.45) is 2.45. The summed E-state index contributed by atoms with van der Waals surface area (Å²) in [5, 5.41) is 23.4. The largest absolute Gasteiger partial charge is 0.494 e. The minimum absolute atomic E-state index is 0.102. The van der Waals surface area contributed by atoms with Crippen molar-refractivity contribution in [3.63, 3.8) is 0 Å². The number of thiophene rings is 1. The number of nitrogens with zero attached hydrogens (tertiary/aromatic N) is 3. The van der Waals surface area contributed by atoms with Gasteiger partial charge in [0.05, 0.1) is 25.3 Å². The number of aryl methyl sites for hydroxylation is 2. The van der Waals surface area contributed by atoms with Crippen LogP contribution < -0.4 is 15.4 Å². The highest BCUT2D eigenvalue weighted by Crippen LogP contribution is 2.39. The number of nitriles is 1. The number of hydrogen-bond donors (Lipinski definition) is 2. The first kappa shape index (κ1) is 26.2. The van der Waals surface area contributed by atoms with E-state index >= 15 is 0 Å². The summed E-state index contributed by atoms with van der Waals surface area (Å²) >= 11 is 1.43. The molecule has 3 aromatic rings. The lowest BCUT2D eigenvalue weighted by Crippen LogP contribution is -2.27. The number of anilines is 1. The number of aromatic nitrogens is 2. The second kappa shape index (κ2) is 12.4. The Kier molecular flexibility index (Phi) is 8.74. The van der Waals surface area contributed by atoms with E-state index in [1.54, 1.807) is 6.92 Å². The predicted molar refractivity (Wildman–Crippen MR) is 136 cm³/mol. The van der Waals surface area contributed by atoms with Crippen molar-refractivity contribution in [2.75, 3.05) is 18.5 Å². The molecule has 1 aliphatic carbocycles. The number of fused-ring (bicyclic) bond motifs is 1. The minimum Gasteiger partial charge on any atom is -0.494 e. The standard InChI is InChI=1S/C26H29N5O5S/c1-3-34-21-7-5-4-6-18(21)9-11-23(32)29-25-20(13-27)19-10-8-17(12-22(19)37-25)15-35-26(33)28-14-24-31-30-16(2)36-24/h4-7,17H,3,8-12,14-15H2,1-2H3,(H,28,33)(H,29,32). The van der Waals surface area contributed by atoms with E-state index in [1.807, 2.05) is 31.2 Å². The van der Waals surface area contributed by atoms with Gasteiger partial charge in [-0.1, -0.05) is 18.2 Å². The van der Waals surface area contributed by atoms with Crippen molar-refractivity contribution in [1.82, 2.24) is 15.5 Å². The fourth-order valence-corrected chi connectivity index (χ4v) is 5.58. The minimum atomic E-state index is -0.551. The van der Waals surface area contributed by atoms with Crippen LogP contribution in [0.3, 0.4) is 0 Å². The fraction of sp³-hybridized carbons (Fsp3) is 0.423. The maximum atomic E-state index is 12.7. The van der Waals surface area contributed by atoms with Gasteiger partial charge in [0.1, 0.15) is 16.8 Å². The quantitative estimate of drug-likeness (QED) is 0.401. The van der Waals surface area contributed by atoms with Crippen LogP contribution in [0.5, 0.6) is 5.75 Å². The van der Waals surface area contributed by atoms with Gasteiger partial charge < -0.3 is 24.5 Å². The molecule has 37 heavy (non-hydrogen) atoms. The predicted octanol–water partition coefficient (Wildman–Crippen LogP) is 4.31. The third-order valence-corrected chi connectivity index (χ3v) is 7.20. The van der Waals surface area contributed by atoms with Gasteiger partial charge in [0, 0.05) is 18.2 Å². The smallest absolute Gasteiger partial charge is 0.407 e. The summed E-state index contributed by atoms with van der Waals surface area (Å²) in [5.74, 6) is 1.52. The van der Waals surface area contributed by atoms with Gasteiger partial charge >= 0.3 is 6.09 Å². The molecular weight excluding hydrogens is 494 g/mol. The second-order valence-corrected chi connectivity index (χ2v) is 9.79. The van der Waals surface area contributed by atoms with E-state index in [2.05, 4.69) is 26.9 Å². The first-order chi connectivity index (χ1) is 18.0.